The van der Waals surface area contributed by atoms with Gasteiger partial charge in [0, 0.05) is 36.3 Å². The number of nitrogens with two attached hydrogens (primary N) is 1. The molecule has 140 valence electrons. The van der Waals surface area contributed by atoms with Gasteiger partial charge in [-0.1, -0.05) is 32.4 Å². The van der Waals surface area contributed by atoms with Gasteiger partial charge in [0.15, 0.2) is 5.69 Å². The second-order valence-electron chi connectivity index (χ2n) is 7.79. The number of aromatic nitrogens is 2. The van der Waals surface area contributed by atoms with Gasteiger partial charge in [-0.15, -0.1) is 0 Å². The average molecular weight is 377 g/mol. The predicted molar refractivity (Wildman–Crippen MR) is 102 cm³/mol. The number of carbonyl (C=O) groups is 1. The molecular weight excluding hydrogens is 352 g/mol. The van der Waals surface area contributed by atoms with Crippen LogP contribution in [0.5, 0.6) is 0 Å². The Labute approximate surface area is 158 Å². The number of imidazole rings is 1. The van der Waals surface area contributed by atoms with E-state index < -0.39 is 5.91 Å². The maximum absolute atomic E-state index is 12.0. The van der Waals surface area contributed by atoms with E-state index in [1.807, 2.05) is 12.1 Å². The minimum absolute atomic E-state index is 0.00846. The Hall–Kier alpha value is -1.89. The summed E-state index contributed by atoms with van der Waals surface area (Å²) < 4.78 is 2.05. The van der Waals surface area contributed by atoms with E-state index >= 15 is 0 Å². The molecule has 0 fully saturated rings. The van der Waals surface area contributed by atoms with Gasteiger partial charge in [0.25, 0.3) is 5.91 Å². The number of rotatable bonds is 4. The zero-order valence-corrected chi connectivity index (χ0v) is 16.1. The molecule has 0 saturated heterocycles. The van der Waals surface area contributed by atoms with E-state index in [0.29, 0.717) is 23.8 Å². The molecule has 2 aromatic rings. The number of nitrogens with zero attached hydrogens (tertiary/aromatic N) is 3. The number of aliphatic hydroxyl groups is 1. The number of primary amides is 1. The molecule has 3 N–H and O–H groups in total. The van der Waals surface area contributed by atoms with Gasteiger partial charge < -0.3 is 15.4 Å². The number of carbonyl (C=O) groups excluding carboxylic acids is 1. The Bertz CT molecular complexity index is 808. The second kappa shape index (κ2) is 7.02. The molecule has 0 saturated carbocycles. The summed E-state index contributed by atoms with van der Waals surface area (Å²) in [6.07, 6.45) is 0. The molecule has 3 rings (SSSR count). The molecule has 1 aliphatic rings. The molecule has 0 aliphatic carbocycles. The quantitative estimate of drug-likeness (QED) is 0.858. The smallest absolute Gasteiger partial charge is 0.269 e. The lowest BCUT2D eigenvalue weighted by atomic mass is 9.85. The van der Waals surface area contributed by atoms with E-state index in [1.165, 1.54) is 0 Å². The van der Waals surface area contributed by atoms with Gasteiger partial charge in [-0.05, 0) is 29.7 Å². The van der Waals surface area contributed by atoms with Gasteiger partial charge in [0.2, 0.25) is 0 Å². The first kappa shape index (κ1) is 18.9. The molecule has 1 aromatic heterocycles. The topological polar surface area (TPSA) is 84.4 Å². The molecule has 0 unspecified atom stereocenters. The van der Waals surface area contributed by atoms with Crippen LogP contribution in [-0.4, -0.2) is 44.7 Å². The molecule has 6 nitrogen and oxygen atoms in total. The van der Waals surface area contributed by atoms with Gasteiger partial charge in [-0.3, -0.25) is 9.69 Å². The van der Waals surface area contributed by atoms with E-state index in [9.17, 15) is 9.90 Å². The predicted octanol–water partition coefficient (Wildman–Crippen LogP) is 2.53. The summed E-state index contributed by atoms with van der Waals surface area (Å²) in [7, 11) is 0. The van der Waals surface area contributed by atoms with Crippen LogP contribution < -0.4 is 5.73 Å². The van der Waals surface area contributed by atoms with Gasteiger partial charge in [-0.25, -0.2) is 4.98 Å². The summed E-state index contributed by atoms with van der Waals surface area (Å²) >= 11 is 5.98. The normalized spacial score (nSPS) is 16.3. The van der Waals surface area contributed by atoms with Crippen molar-refractivity contribution in [2.24, 2.45) is 11.1 Å². The van der Waals surface area contributed by atoms with Crippen molar-refractivity contribution in [3.8, 4) is 11.4 Å². The van der Waals surface area contributed by atoms with Crippen LogP contribution >= 0.6 is 11.6 Å². The third kappa shape index (κ3) is 3.49. The Morgan fingerprint density at radius 3 is 2.50 bits per heavy atom. The number of aliphatic hydroxyl groups excluding tert-OH is 1. The fraction of sp³-hybridized carbons (Fsp3) is 0.474. The van der Waals surface area contributed by atoms with E-state index in [1.54, 1.807) is 12.1 Å². The van der Waals surface area contributed by atoms with Crippen LogP contribution in [0.3, 0.4) is 0 Å². The molecule has 1 atom stereocenters. The first-order valence-electron chi connectivity index (χ1n) is 8.72. The minimum Gasteiger partial charge on any atom is -0.395 e. The summed E-state index contributed by atoms with van der Waals surface area (Å²) in [5.74, 6) is 0.188. The van der Waals surface area contributed by atoms with E-state index in [0.717, 1.165) is 23.6 Å². The molecule has 7 heteroatoms. The SMILES string of the molecule is CC(C)(C)[C@@H](CO)N1CCn2c(-c3ccc(Cl)cc3)nc(C(N)=O)c2C1. The van der Waals surface area contributed by atoms with Crippen molar-refractivity contribution >= 4 is 17.5 Å². The highest BCUT2D eigenvalue weighted by atomic mass is 35.5. The molecule has 26 heavy (non-hydrogen) atoms. The molecule has 0 spiro atoms. The Morgan fingerprint density at radius 2 is 1.96 bits per heavy atom. The summed E-state index contributed by atoms with van der Waals surface area (Å²) in [6.45, 7) is 8.36. The highest BCUT2D eigenvalue weighted by Crippen LogP contribution is 2.31. The lowest BCUT2D eigenvalue weighted by molar-refractivity contribution is 0.0303. The molecule has 0 bridgehead atoms. The Balaban J connectivity index is 2.02. The van der Waals surface area contributed by atoms with Crippen LogP contribution in [0.2, 0.25) is 5.02 Å². The first-order chi connectivity index (χ1) is 12.2. The van der Waals surface area contributed by atoms with Crippen LogP contribution in [-0.2, 0) is 13.1 Å². The molecule has 1 amide bonds. The van der Waals surface area contributed by atoms with Crippen LogP contribution in [0.4, 0.5) is 0 Å². The standard InChI is InChI=1S/C19H25ClN4O2/c1-19(2,3)15(11-25)23-8-9-24-14(10-23)16(17(21)26)22-18(24)12-4-6-13(20)7-5-12/h4-7,15,25H,8-11H2,1-3H3,(H2,21,26)/t15-/m1/s1. The van der Waals surface area contributed by atoms with Crippen LogP contribution in [0.25, 0.3) is 11.4 Å². The summed E-state index contributed by atoms with van der Waals surface area (Å²) in [5.41, 5.74) is 7.50. The van der Waals surface area contributed by atoms with Crippen molar-refractivity contribution in [3.05, 3.63) is 40.7 Å². The van der Waals surface area contributed by atoms with Crippen LogP contribution in [0, 0.1) is 5.41 Å². The third-order valence-corrected chi connectivity index (χ3v) is 5.24. The fourth-order valence-electron chi connectivity index (χ4n) is 3.61. The highest BCUT2D eigenvalue weighted by molar-refractivity contribution is 6.30. The van der Waals surface area contributed by atoms with Crippen LogP contribution in [0.1, 0.15) is 37.0 Å². The number of benzene rings is 1. The number of amides is 1. The van der Waals surface area contributed by atoms with Gasteiger partial charge in [0.05, 0.1) is 12.3 Å². The third-order valence-electron chi connectivity index (χ3n) is 4.99. The Kier molecular flexibility index (Phi) is 5.10. The minimum atomic E-state index is -0.535. The monoisotopic (exact) mass is 376 g/mol. The van der Waals surface area contributed by atoms with Gasteiger partial charge >= 0.3 is 0 Å². The average Bonchev–Trinajstić information content (AvgIpc) is 2.94. The van der Waals surface area contributed by atoms with Crippen molar-refractivity contribution in [2.45, 2.75) is 39.9 Å². The molecule has 1 aromatic carbocycles. The van der Waals surface area contributed by atoms with Crippen molar-refractivity contribution in [1.29, 1.82) is 0 Å². The van der Waals surface area contributed by atoms with E-state index in [-0.39, 0.29) is 18.1 Å². The van der Waals surface area contributed by atoms with Gasteiger partial charge in [-0.2, -0.15) is 0 Å². The largest absolute Gasteiger partial charge is 0.395 e. The molecular formula is C19H25ClN4O2. The lowest BCUT2D eigenvalue weighted by Gasteiger charge is -2.41. The molecule has 2 heterocycles. The maximum Gasteiger partial charge on any atom is 0.269 e. The van der Waals surface area contributed by atoms with Gasteiger partial charge in [0.1, 0.15) is 5.82 Å². The molecule has 0 radical (unpaired) electrons. The lowest BCUT2D eigenvalue weighted by Crippen LogP contribution is -2.49. The number of hydrogen-bond acceptors (Lipinski definition) is 4. The zero-order chi connectivity index (χ0) is 19.1. The number of halogens is 1. The second-order valence-corrected chi connectivity index (χ2v) is 8.22. The van der Waals surface area contributed by atoms with Crippen molar-refractivity contribution < 1.29 is 9.90 Å². The first-order valence-corrected chi connectivity index (χ1v) is 9.10. The van der Waals surface area contributed by atoms with Crippen molar-refractivity contribution in [3.63, 3.8) is 0 Å². The summed E-state index contributed by atoms with van der Waals surface area (Å²) in [4.78, 5) is 18.7. The Morgan fingerprint density at radius 1 is 1.31 bits per heavy atom. The molecule has 1 aliphatic heterocycles. The van der Waals surface area contributed by atoms with Crippen molar-refractivity contribution in [2.75, 3.05) is 13.2 Å². The van der Waals surface area contributed by atoms with Crippen molar-refractivity contribution in [1.82, 2.24) is 14.5 Å². The highest BCUT2D eigenvalue weighted by Gasteiger charge is 2.34. The summed E-state index contributed by atoms with van der Waals surface area (Å²) in [6, 6.07) is 7.38. The number of hydrogen-bond donors (Lipinski definition) is 2. The summed E-state index contributed by atoms with van der Waals surface area (Å²) in [5, 5.41) is 10.5. The van der Waals surface area contributed by atoms with E-state index in [2.05, 4.69) is 35.2 Å². The fourth-order valence-corrected chi connectivity index (χ4v) is 3.73. The zero-order valence-electron chi connectivity index (χ0n) is 15.4. The number of fused-ring (bicyclic) bond motifs is 1. The van der Waals surface area contributed by atoms with Crippen LogP contribution in [0.15, 0.2) is 24.3 Å². The maximum atomic E-state index is 12.0. The van der Waals surface area contributed by atoms with E-state index in [4.69, 9.17) is 17.3 Å².